The Bertz CT molecular complexity index is 395. The van der Waals surface area contributed by atoms with Crippen LogP contribution in [0.25, 0.3) is 5.32 Å². The minimum Gasteiger partial charge on any atom is -0.650 e. The van der Waals surface area contributed by atoms with Crippen LogP contribution in [0, 0.1) is 6.07 Å². The van der Waals surface area contributed by atoms with Gasteiger partial charge in [-0.1, -0.05) is 19.0 Å². The fourth-order valence-corrected chi connectivity index (χ4v) is 1.67. The van der Waals surface area contributed by atoms with E-state index in [2.05, 4.69) is 29.0 Å². The van der Waals surface area contributed by atoms with Crippen molar-refractivity contribution >= 4 is 5.91 Å². The molecular formula is C14H19N3OY-2. The van der Waals surface area contributed by atoms with Gasteiger partial charge < -0.3 is 16.4 Å². The summed E-state index contributed by atoms with van der Waals surface area (Å²) in [5, 5.41) is 7.11. The van der Waals surface area contributed by atoms with Crippen LogP contribution in [-0.4, -0.2) is 19.0 Å². The van der Waals surface area contributed by atoms with Crippen LogP contribution in [0.1, 0.15) is 18.4 Å². The van der Waals surface area contributed by atoms with Crippen LogP contribution in [0.2, 0.25) is 0 Å². The van der Waals surface area contributed by atoms with Crippen molar-refractivity contribution in [2.24, 2.45) is 5.73 Å². The number of nitrogens with one attached hydrogen (secondary N) is 1. The number of allylic oxidation sites excluding steroid dienone is 1. The second-order valence-electron chi connectivity index (χ2n) is 3.88. The van der Waals surface area contributed by atoms with Crippen LogP contribution in [-0.2, 0) is 44.0 Å². The van der Waals surface area contributed by atoms with Gasteiger partial charge in [-0.15, -0.1) is 6.54 Å². The van der Waals surface area contributed by atoms with Crippen LogP contribution in [0.15, 0.2) is 36.5 Å². The second kappa shape index (κ2) is 10.3. The van der Waals surface area contributed by atoms with Crippen LogP contribution < -0.4 is 11.1 Å². The summed E-state index contributed by atoms with van der Waals surface area (Å²) in [5.74, 6) is -0.0350. The fraction of sp³-hybridized carbons (Fsp3) is 0.357. The average Bonchev–Trinajstić information content (AvgIpc) is 2.41. The number of rotatable bonds is 3. The predicted octanol–water partition coefficient (Wildman–Crippen LogP) is 1.73. The second-order valence-corrected chi connectivity index (χ2v) is 3.88. The van der Waals surface area contributed by atoms with Crippen molar-refractivity contribution in [1.82, 2.24) is 5.32 Å². The zero-order valence-electron chi connectivity index (χ0n) is 11.2. The predicted molar refractivity (Wildman–Crippen MR) is 72.8 cm³/mol. The summed E-state index contributed by atoms with van der Waals surface area (Å²) in [5.41, 5.74) is 6.31. The molecule has 1 aromatic carbocycles. The maximum absolute atomic E-state index is 11.6. The monoisotopic (exact) mass is 334 g/mol. The molecule has 1 heterocycles. The molecule has 101 valence electrons. The van der Waals surface area contributed by atoms with E-state index >= 15 is 0 Å². The molecule has 1 fully saturated rings. The Balaban J connectivity index is 0.00000103. The van der Waals surface area contributed by atoms with Crippen molar-refractivity contribution in [3.05, 3.63) is 53.5 Å². The zero-order chi connectivity index (χ0) is 13.4. The Morgan fingerprint density at radius 3 is 2.84 bits per heavy atom. The van der Waals surface area contributed by atoms with E-state index in [1.54, 1.807) is 0 Å². The van der Waals surface area contributed by atoms with E-state index in [4.69, 9.17) is 0 Å². The molecule has 0 bridgehead atoms. The van der Waals surface area contributed by atoms with Gasteiger partial charge in [0.15, 0.2) is 0 Å². The van der Waals surface area contributed by atoms with E-state index in [1.807, 2.05) is 24.3 Å². The van der Waals surface area contributed by atoms with Crippen LogP contribution in [0.5, 0.6) is 0 Å². The molecule has 1 aromatic rings. The number of carbonyl (C=O) groups is 1. The number of nitrogens with zero attached hydrogens (tertiary/aromatic N) is 1. The molecule has 1 aliphatic rings. The summed E-state index contributed by atoms with van der Waals surface area (Å²) in [7, 11) is 1.50. The molecule has 1 amide bonds. The summed E-state index contributed by atoms with van der Waals surface area (Å²) >= 11 is 0. The summed E-state index contributed by atoms with van der Waals surface area (Å²) in [4.78, 5) is 11.6. The molecule has 0 aliphatic carbocycles. The molecule has 0 aromatic heterocycles. The molecule has 1 atom stereocenters. The molecule has 1 aliphatic heterocycles. The average molecular weight is 334 g/mol. The first-order chi connectivity index (χ1) is 8.75. The van der Waals surface area contributed by atoms with Crippen LogP contribution >= 0.6 is 0 Å². The summed E-state index contributed by atoms with van der Waals surface area (Å²) in [6, 6.07) is 10.5. The largest absolute Gasteiger partial charge is 0.650 e. The topological polar surface area (TPSA) is 69.2 Å². The number of benzene rings is 1. The molecule has 5 heteroatoms. The van der Waals surface area contributed by atoms with Gasteiger partial charge in [-0.05, 0) is 13.5 Å². The van der Waals surface area contributed by atoms with Gasteiger partial charge in [-0.3, -0.25) is 4.79 Å². The van der Waals surface area contributed by atoms with Crippen molar-refractivity contribution in [2.75, 3.05) is 7.05 Å². The number of hydrogen-bond donors (Lipinski definition) is 2. The maximum atomic E-state index is 11.6. The van der Waals surface area contributed by atoms with E-state index in [0.717, 1.165) is 24.1 Å². The molecule has 1 saturated heterocycles. The van der Waals surface area contributed by atoms with Gasteiger partial charge in [0, 0.05) is 38.4 Å². The SMILES string of the molecule is C=C1CCC([N-]Cc2[c-]cccc2)C(=O)N1.CN.[Y]. The standard InChI is InChI=1S/C13H14N2O.CH5N.Y/c1-10-7-8-12(13(16)15-10)14-9-11-5-3-2-4-6-11;1-2;/h2-5,12H,1,7-9H2,(H,15,16);2H2,1H3;/q-2;;. The smallest absolute Gasteiger partial charge is 0.206 e. The Morgan fingerprint density at radius 2 is 2.26 bits per heavy atom. The molecule has 0 spiro atoms. The van der Waals surface area contributed by atoms with Gasteiger partial charge in [0.25, 0.3) is 0 Å². The van der Waals surface area contributed by atoms with Crippen molar-refractivity contribution in [3.63, 3.8) is 0 Å². The van der Waals surface area contributed by atoms with Crippen molar-refractivity contribution in [2.45, 2.75) is 25.4 Å². The molecule has 3 N–H and O–H groups in total. The van der Waals surface area contributed by atoms with Crippen molar-refractivity contribution in [3.8, 4) is 0 Å². The first-order valence-corrected chi connectivity index (χ1v) is 5.94. The first kappa shape index (κ1) is 18.5. The van der Waals surface area contributed by atoms with Gasteiger partial charge in [-0.2, -0.15) is 35.9 Å². The molecule has 4 nitrogen and oxygen atoms in total. The number of amides is 1. The Morgan fingerprint density at radius 1 is 1.53 bits per heavy atom. The van der Waals surface area contributed by atoms with Gasteiger partial charge in [0.1, 0.15) is 0 Å². The fourth-order valence-electron chi connectivity index (χ4n) is 1.67. The molecular weight excluding hydrogens is 315 g/mol. The molecule has 0 saturated carbocycles. The number of hydrogen-bond acceptors (Lipinski definition) is 2. The van der Waals surface area contributed by atoms with E-state index in [1.165, 1.54) is 7.05 Å². The minimum atomic E-state index is -0.237. The van der Waals surface area contributed by atoms with Gasteiger partial charge >= 0.3 is 0 Å². The number of piperidine rings is 1. The molecule has 1 radical (unpaired) electrons. The first-order valence-electron chi connectivity index (χ1n) is 5.94. The zero-order valence-corrected chi connectivity index (χ0v) is 14.1. The van der Waals surface area contributed by atoms with Gasteiger partial charge in [0.2, 0.25) is 5.91 Å². The van der Waals surface area contributed by atoms with E-state index in [9.17, 15) is 4.79 Å². The van der Waals surface area contributed by atoms with E-state index < -0.39 is 0 Å². The van der Waals surface area contributed by atoms with E-state index in [0.29, 0.717) is 6.54 Å². The molecule has 2 rings (SSSR count). The quantitative estimate of drug-likeness (QED) is 0.827. The third kappa shape index (κ3) is 6.43. The summed E-state index contributed by atoms with van der Waals surface area (Å²) in [6.45, 7) is 4.28. The van der Waals surface area contributed by atoms with Crippen LogP contribution in [0.4, 0.5) is 0 Å². The third-order valence-corrected chi connectivity index (χ3v) is 2.58. The van der Waals surface area contributed by atoms with Crippen molar-refractivity contribution < 1.29 is 37.5 Å². The summed E-state index contributed by atoms with van der Waals surface area (Å²) < 4.78 is 0. The van der Waals surface area contributed by atoms with Gasteiger partial charge in [0.05, 0.1) is 0 Å². The normalized spacial score (nSPS) is 17.7. The third-order valence-electron chi connectivity index (χ3n) is 2.58. The van der Waals surface area contributed by atoms with Crippen molar-refractivity contribution in [1.29, 1.82) is 0 Å². The number of nitrogens with two attached hydrogens (primary N) is 1. The number of carbonyl (C=O) groups excluding carboxylic acids is 1. The Labute approximate surface area is 140 Å². The molecule has 19 heavy (non-hydrogen) atoms. The van der Waals surface area contributed by atoms with E-state index in [-0.39, 0.29) is 44.7 Å². The maximum Gasteiger partial charge on any atom is 0.206 e. The summed E-state index contributed by atoms with van der Waals surface area (Å²) in [6.07, 6.45) is 1.58. The Hall–Kier alpha value is -0.546. The molecule has 1 unspecified atom stereocenters. The van der Waals surface area contributed by atoms with Crippen LogP contribution in [0.3, 0.4) is 0 Å². The Kier molecular flexibility index (Phi) is 9.97. The minimum absolute atomic E-state index is 0. The van der Waals surface area contributed by atoms with Gasteiger partial charge in [-0.25, -0.2) is 0 Å².